The summed E-state index contributed by atoms with van der Waals surface area (Å²) in [5.74, 6) is -1.46. The Kier molecular flexibility index (Phi) is 5.59. The summed E-state index contributed by atoms with van der Waals surface area (Å²) in [4.78, 5) is 35.7. The quantitative estimate of drug-likeness (QED) is 0.686. The highest BCUT2D eigenvalue weighted by atomic mass is 19.1. The van der Waals surface area contributed by atoms with E-state index in [1.54, 1.807) is 12.1 Å². The Hall–Kier alpha value is -3.81. The molecule has 142 valence electrons. The van der Waals surface area contributed by atoms with Crippen molar-refractivity contribution >= 4 is 17.6 Å². The van der Waals surface area contributed by atoms with Gasteiger partial charge >= 0.3 is 5.97 Å². The Bertz CT molecular complexity index is 1080. The summed E-state index contributed by atoms with van der Waals surface area (Å²) < 4.78 is 19.5. The van der Waals surface area contributed by atoms with Crippen LogP contribution in [0.4, 0.5) is 10.1 Å². The van der Waals surface area contributed by atoms with Gasteiger partial charge in [0.1, 0.15) is 12.4 Å². The number of hydrogen-bond donors (Lipinski definition) is 1. The zero-order chi connectivity index (χ0) is 20.1. The second-order valence-corrected chi connectivity index (χ2v) is 5.81. The van der Waals surface area contributed by atoms with Gasteiger partial charge in [0.25, 0.3) is 5.56 Å². The van der Waals surface area contributed by atoms with Gasteiger partial charge in [0.15, 0.2) is 0 Å². The van der Waals surface area contributed by atoms with Gasteiger partial charge in [-0.3, -0.25) is 9.59 Å². The van der Waals surface area contributed by atoms with Gasteiger partial charge in [0.2, 0.25) is 5.91 Å². The van der Waals surface area contributed by atoms with Crippen molar-refractivity contribution in [3.8, 4) is 11.3 Å². The zero-order valence-electron chi connectivity index (χ0n) is 14.9. The zero-order valence-corrected chi connectivity index (χ0v) is 14.9. The molecule has 0 saturated heterocycles. The van der Waals surface area contributed by atoms with Gasteiger partial charge in [-0.15, -0.1) is 0 Å². The second-order valence-electron chi connectivity index (χ2n) is 5.81. The van der Waals surface area contributed by atoms with E-state index in [4.69, 9.17) is 0 Å². The van der Waals surface area contributed by atoms with E-state index in [1.807, 2.05) is 0 Å². The van der Waals surface area contributed by atoms with Crippen LogP contribution in [0.5, 0.6) is 0 Å². The van der Waals surface area contributed by atoms with Crippen molar-refractivity contribution in [3.05, 3.63) is 82.4 Å². The highest BCUT2D eigenvalue weighted by molar-refractivity contribution is 5.92. The molecule has 3 aromatic rings. The molecular weight excluding hydrogens is 365 g/mol. The number of methoxy groups -OCH3 is 1. The van der Waals surface area contributed by atoms with Crippen LogP contribution in [0.3, 0.4) is 0 Å². The molecule has 0 unspecified atom stereocenters. The van der Waals surface area contributed by atoms with E-state index in [9.17, 15) is 18.8 Å². The minimum absolute atomic E-state index is 0.232. The first kappa shape index (κ1) is 19.0. The lowest BCUT2D eigenvalue weighted by atomic mass is 10.1. The van der Waals surface area contributed by atoms with E-state index < -0.39 is 23.3 Å². The predicted molar refractivity (Wildman–Crippen MR) is 100 cm³/mol. The molecule has 0 bridgehead atoms. The normalized spacial score (nSPS) is 10.4. The fourth-order valence-electron chi connectivity index (χ4n) is 2.52. The number of carbonyl (C=O) groups excluding carboxylic acids is 2. The fourth-order valence-corrected chi connectivity index (χ4v) is 2.52. The first-order valence-corrected chi connectivity index (χ1v) is 8.29. The molecule has 2 aromatic carbocycles. The lowest BCUT2D eigenvalue weighted by molar-refractivity contribution is -0.117. The maximum absolute atomic E-state index is 13.9. The number of hydrogen-bond acceptors (Lipinski definition) is 5. The largest absolute Gasteiger partial charge is 0.465 e. The van der Waals surface area contributed by atoms with Crippen molar-refractivity contribution in [2.45, 2.75) is 6.54 Å². The number of ether oxygens (including phenoxy) is 1. The molecule has 1 heterocycles. The van der Waals surface area contributed by atoms with Crippen molar-refractivity contribution in [2.24, 2.45) is 0 Å². The van der Waals surface area contributed by atoms with E-state index in [0.717, 1.165) is 4.68 Å². The van der Waals surface area contributed by atoms with Crippen molar-refractivity contribution in [1.82, 2.24) is 9.78 Å². The number of amides is 1. The molecule has 3 rings (SSSR count). The molecule has 28 heavy (non-hydrogen) atoms. The molecule has 0 spiro atoms. The van der Waals surface area contributed by atoms with Gasteiger partial charge in [0.05, 0.1) is 18.4 Å². The summed E-state index contributed by atoms with van der Waals surface area (Å²) >= 11 is 0. The Morgan fingerprint density at radius 1 is 1.07 bits per heavy atom. The van der Waals surface area contributed by atoms with Gasteiger partial charge in [-0.25, -0.2) is 13.9 Å². The van der Waals surface area contributed by atoms with Gasteiger partial charge in [-0.2, -0.15) is 5.10 Å². The van der Waals surface area contributed by atoms with E-state index in [-0.39, 0.29) is 17.8 Å². The topological polar surface area (TPSA) is 90.3 Å². The molecule has 1 aromatic heterocycles. The van der Waals surface area contributed by atoms with Crippen LogP contribution in [0.25, 0.3) is 11.3 Å². The Morgan fingerprint density at radius 3 is 2.46 bits per heavy atom. The standard InChI is InChI=1S/C20H16FN3O4/c1-28-20(27)13-6-8-14(9-7-13)22-18(25)12-24-19(26)11-10-17(23-24)15-4-2-3-5-16(15)21/h2-11H,12H2,1H3,(H,22,25). The molecule has 0 aliphatic carbocycles. The number of nitrogens with zero attached hydrogens (tertiary/aromatic N) is 2. The van der Waals surface area contributed by atoms with Crippen LogP contribution in [-0.2, 0) is 16.1 Å². The van der Waals surface area contributed by atoms with E-state index >= 15 is 0 Å². The molecule has 7 nitrogen and oxygen atoms in total. The van der Waals surface area contributed by atoms with Crippen molar-refractivity contribution in [3.63, 3.8) is 0 Å². The predicted octanol–water partition coefficient (Wildman–Crippen LogP) is 2.47. The van der Waals surface area contributed by atoms with Gasteiger partial charge in [0, 0.05) is 17.3 Å². The van der Waals surface area contributed by atoms with E-state index in [2.05, 4.69) is 15.2 Å². The molecule has 1 N–H and O–H groups in total. The van der Waals surface area contributed by atoms with Crippen LogP contribution in [0.2, 0.25) is 0 Å². The van der Waals surface area contributed by atoms with Crippen LogP contribution in [0.15, 0.2) is 65.5 Å². The minimum Gasteiger partial charge on any atom is -0.465 e. The van der Waals surface area contributed by atoms with Gasteiger partial charge in [-0.1, -0.05) is 12.1 Å². The van der Waals surface area contributed by atoms with Crippen molar-refractivity contribution < 1.29 is 18.7 Å². The van der Waals surface area contributed by atoms with Crippen LogP contribution in [-0.4, -0.2) is 28.8 Å². The average Bonchev–Trinajstić information content (AvgIpc) is 2.70. The second kappa shape index (κ2) is 8.26. The number of esters is 1. The SMILES string of the molecule is COC(=O)c1ccc(NC(=O)Cn2nc(-c3ccccc3F)ccc2=O)cc1. The van der Waals surface area contributed by atoms with E-state index in [1.165, 1.54) is 55.6 Å². The Balaban J connectivity index is 1.75. The molecule has 0 fully saturated rings. The highest BCUT2D eigenvalue weighted by Gasteiger charge is 2.11. The number of benzene rings is 2. The van der Waals surface area contributed by atoms with Crippen LogP contribution >= 0.6 is 0 Å². The minimum atomic E-state index is -0.494. The number of halogens is 1. The Labute approximate surface area is 159 Å². The molecule has 0 atom stereocenters. The molecule has 0 saturated carbocycles. The number of rotatable bonds is 5. The fraction of sp³-hybridized carbons (Fsp3) is 0.100. The third kappa shape index (κ3) is 4.29. The number of carbonyl (C=O) groups is 2. The van der Waals surface area contributed by atoms with Crippen molar-refractivity contribution in [2.75, 3.05) is 12.4 Å². The molecule has 1 amide bonds. The summed E-state index contributed by atoms with van der Waals surface area (Å²) in [6.07, 6.45) is 0. The number of anilines is 1. The number of nitrogens with one attached hydrogen (secondary N) is 1. The molecule has 8 heteroatoms. The smallest absolute Gasteiger partial charge is 0.337 e. The lowest BCUT2D eigenvalue weighted by Crippen LogP contribution is -2.29. The molecule has 0 aliphatic rings. The maximum atomic E-state index is 13.9. The van der Waals surface area contributed by atoms with Crippen LogP contribution in [0.1, 0.15) is 10.4 Å². The summed E-state index contributed by atoms with van der Waals surface area (Å²) in [5.41, 5.74) is 0.770. The summed E-state index contributed by atoms with van der Waals surface area (Å²) in [6.45, 7) is -0.347. The van der Waals surface area contributed by atoms with Crippen LogP contribution < -0.4 is 10.9 Å². The third-order valence-electron chi connectivity index (χ3n) is 3.90. The third-order valence-corrected chi connectivity index (χ3v) is 3.90. The van der Waals surface area contributed by atoms with Gasteiger partial charge < -0.3 is 10.1 Å². The summed E-state index contributed by atoms with van der Waals surface area (Å²) in [5, 5.41) is 6.68. The first-order chi connectivity index (χ1) is 13.5. The maximum Gasteiger partial charge on any atom is 0.337 e. The summed E-state index contributed by atoms with van der Waals surface area (Å²) in [6, 6.07) is 14.7. The molecule has 0 radical (unpaired) electrons. The number of aromatic nitrogens is 2. The molecular formula is C20H16FN3O4. The monoisotopic (exact) mass is 381 g/mol. The average molecular weight is 381 g/mol. The first-order valence-electron chi connectivity index (χ1n) is 8.29. The lowest BCUT2D eigenvalue weighted by Gasteiger charge is -2.09. The molecule has 0 aliphatic heterocycles. The van der Waals surface area contributed by atoms with Crippen LogP contribution in [0, 0.1) is 5.82 Å². The Morgan fingerprint density at radius 2 is 1.79 bits per heavy atom. The summed E-state index contributed by atoms with van der Waals surface area (Å²) in [7, 11) is 1.28. The van der Waals surface area contributed by atoms with Gasteiger partial charge in [-0.05, 0) is 42.5 Å². The van der Waals surface area contributed by atoms with E-state index in [0.29, 0.717) is 11.3 Å². The van der Waals surface area contributed by atoms with Crippen molar-refractivity contribution in [1.29, 1.82) is 0 Å². The highest BCUT2D eigenvalue weighted by Crippen LogP contribution is 2.18.